The maximum absolute atomic E-state index is 12.1. The molecule has 1 atom stereocenters. The first-order chi connectivity index (χ1) is 12.1. The van der Waals surface area contributed by atoms with Gasteiger partial charge in [-0.15, -0.1) is 0 Å². The number of piperidine rings is 1. The minimum Gasteiger partial charge on any atom is -0.361 e. The third-order valence-electron chi connectivity index (χ3n) is 5.49. The van der Waals surface area contributed by atoms with Crippen molar-refractivity contribution in [2.24, 2.45) is 0 Å². The topological polar surface area (TPSA) is 26.8 Å². The lowest BCUT2D eigenvalue weighted by Crippen LogP contribution is -2.36. The van der Waals surface area contributed by atoms with E-state index in [1.807, 2.05) is 7.05 Å². The lowest BCUT2D eigenvalue weighted by atomic mass is 10.1. The minimum absolute atomic E-state index is 0.639. The van der Waals surface area contributed by atoms with E-state index in [0.717, 1.165) is 17.0 Å². The number of hydrogen-bond acceptors (Lipinski definition) is 4. The van der Waals surface area contributed by atoms with Gasteiger partial charge in [-0.25, -0.2) is 0 Å². The number of aryl methyl sites for hydroxylation is 1. The molecule has 1 saturated heterocycles. The molecule has 0 spiro atoms. The van der Waals surface area contributed by atoms with Gasteiger partial charge in [-0.1, -0.05) is 12.5 Å². The van der Waals surface area contributed by atoms with Crippen LogP contribution in [0.3, 0.4) is 0 Å². The van der Waals surface area contributed by atoms with Gasteiger partial charge < -0.3 is 14.7 Å². The summed E-state index contributed by atoms with van der Waals surface area (Å²) in [6.45, 7) is 6.17. The molecule has 0 radical (unpaired) electrons. The third-order valence-corrected chi connectivity index (χ3v) is 6.93. The van der Waals surface area contributed by atoms with Crippen molar-refractivity contribution >= 4 is 16.5 Å². The van der Waals surface area contributed by atoms with E-state index in [4.69, 9.17) is 0 Å². The molecule has 3 rings (SSSR count). The monoisotopic (exact) mass is 363 g/mol. The lowest BCUT2D eigenvalue weighted by molar-refractivity contribution is 0.195. The maximum atomic E-state index is 12.1. The number of nitrogens with zero attached hydrogens (tertiary/aromatic N) is 3. The Morgan fingerprint density at radius 3 is 2.72 bits per heavy atom. The highest BCUT2D eigenvalue weighted by Gasteiger charge is 2.22. The molecule has 1 aromatic rings. The molecular weight excluding hydrogens is 330 g/mol. The van der Waals surface area contributed by atoms with E-state index in [9.17, 15) is 4.21 Å². The van der Waals surface area contributed by atoms with Crippen LogP contribution in [-0.4, -0.2) is 66.7 Å². The van der Waals surface area contributed by atoms with Gasteiger partial charge in [-0.2, -0.15) is 0 Å². The number of benzene rings is 1. The number of hydrogen-bond donors (Lipinski definition) is 0. The van der Waals surface area contributed by atoms with Crippen LogP contribution in [0.4, 0.5) is 5.69 Å². The molecule has 140 valence electrons. The fourth-order valence-electron chi connectivity index (χ4n) is 3.84. The minimum atomic E-state index is -0.845. The van der Waals surface area contributed by atoms with Crippen molar-refractivity contribution in [3.05, 3.63) is 23.8 Å². The lowest BCUT2D eigenvalue weighted by Gasteiger charge is -2.28. The fraction of sp³-hybridized carbons (Fsp3) is 0.700. The smallest absolute Gasteiger partial charge is 0.0982 e. The normalized spacial score (nSPS) is 21.1. The van der Waals surface area contributed by atoms with E-state index in [1.165, 1.54) is 70.4 Å². The van der Waals surface area contributed by atoms with Crippen molar-refractivity contribution in [2.75, 3.05) is 57.6 Å². The van der Waals surface area contributed by atoms with Crippen molar-refractivity contribution in [1.82, 2.24) is 9.80 Å². The molecular formula is C20H33N3OS. The van der Waals surface area contributed by atoms with Crippen LogP contribution in [0, 0.1) is 0 Å². The Labute approximate surface area is 155 Å². The Kier molecular flexibility index (Phi) is 6.91. The number of likely N-dealkylation sites (N-methyl/N-ethyl adjacent to an activating group) is 1. The Bertz CT molecular complexity index is 586. The molecule has 2 heterocycles. The summed E-state index contributed by atoms with van der Waals surface area (Å²) < 4.78 is 12.1. The summed E-state index contributed by atoms with van der Waals surface area (Å²) in [6, 6.07) is 6.51. The first-order valence-electron chi connectivity index (χ1n) is 9.77. The first-order valence-corrected chi connectivity index (χ1v) is 11.1. The van der Waals surface area contributed by atoms with Gasteiger partial charge in [0.2, 0.25) is 0 Å². The van der Waals surface area contributed by atoms with Crippen molar-refractivity contribution in [3.8, 4) is 0 Å². The van der Waals surface area contributed by atoms with Gasteiger partial charge in [0.1, 0.15) is 0 Å². The molecule has 4 nitrogen and oxygen atoms in total. The predicted octanol–water partition coefficient (Wildman–Crippen LogP) is 2.94. The molecule has 1 aromatic carbocycles. The Hall–Kier alpha value is -0.910. The fourth-order valence-corrected chi connectivity index (χ4v) is 5.21. The van der Waals surface area contributed by atoms with Crippen LogP contribution in [0.25, 0.3) is 0 Å². The average Bonchev–Trinajstić information content (AvgIpc) is 2.91. The van der Waals surface area contributed by atoms with E-state index in [0.29, 0.717) is 5.88 Å². The van der Waals surface area contributed by atoms with E-state index in [-0.39, 0.29) is 0 Å². The van der Waals surface area contributed by atoms with Crippen molar-refractivity contribution in [1.29, 1.82) is 0 Å². The number of likely N-dealkylation sites (tertiary alicyclic amines) is 1. The Morgan fingerprint density at radius 1 is 1.12 bits per heavy atom. The van der Waals surface area contributed by atoms with Crippen LogP contribution in [-0.2, 0) is 17.2 Å². The van der Waals surface area contributed by atoms with Crippen LogP contribution in [0.5, 0.6) is 0 Å². The van der Waals surface area contributed by atoms with E-state index < -0.39 is 10.8 Å². The Balaban J connectivity index is 1.34. The SMILES string of the molecule is CN(CCCCc1ccc2c(c1)S(=O)CN2C)CCN1CCCCC1. The van der Waals surface area contributed by atoms with Gasteiger partial charge >= 0.3 is 0 Å². The van der Waals surface area contributed by atoms with Gasteiger partial charge in [0.15, 0.2) is 0 Å². The second-order valence-electron chi connectivity index (χ2n) is 7.64. The number of unbranched alkanes of at least 4 members (excludes halogenated alkanes) is 1. The van der Waals surface area contributed by atoms with Crippen LogP contribution in [0.15, 0.2) is 23.1 Å². The molecule has 5 heteroatoms. The highest BCUT2D eigenvalue weighted by molar-refractivity contribution is 7.85. The van der Waals surface area contributed by atoms with Crippen LogP contribution >= 0.6 is 0 Å². The van der Waals surface area contributed by atoms with E-state index in [2.05, 4.69) is 39.9 Å². The van der Waals surface area contributed by atoms with E-state index in [1.54, 1.807) is 0 Å². The van der Waals surface area contributed by atoms with Crippen LogP contribution < -0.4 is 4.90 Å². The summed E-state index contributed by atoms with van der Waals surface area (Å²) in [5.41, 5.74) is 2.47. The zero-order chi connectivity index (χ0) is 17.6. The zero-order valence-electron chi connectivity index (χ0n) is 15.9. The first kappa shape index (κ1) is 18.9. The molecule has 0 aromatic heterocycles. The maximum Gasteiger partial charge on any atom is 0.0982 e. The summed E-state index contributed by atoms with van der Waals surface area (Å²) >= 11 is 0. The molecule has 0 bridgehead atoms. The molecule has 0 amide bonds. The second-order valence-corrected chi connectivity index (χ2v) is 9.03. The number of fused-ring (bicyclic) bond motifs is 1. The summed E-state index contributed by atoms with van der Waals surface area (Å²) in [5, 5.41) is 0. The molecule has 0 N–H and O–H groups in total. The van der Waals surface area contributed by atoms with Crippen molar-refractivity contribution in [2.45, 2.75) is 43.4 Å². The quantitative estimate of drug-likeness (QED) is 0.664. The largest absolute Gasteiger partial charge is 0.361 e. The molecule has 25 heavy (non-hydrogen) atoms. The van der Waals surface area contributed by atoms with Gasteiger partial charge in [-0.05, 0) is 76.5 Å². The highest BCUT2D eigenvalue weighted by Crippen LogP contribution is 2.31. The van der Waals surface area contributed by atoms with Crippen molar-refractivity contribution < 1.29 is 4.21 Å². The van der Waals surface area contributed by atoms with Gasteiger partial charge in [0.05, 0.1) is 27.3 Å². The summed E-state index contributed by atoms with van der Waals surface area (Å²) in [7, 11) is 3.42. The van der Waals surface area contributed by atoms with Gasteiger partial charge in [-0.3, -0.25) is 4.21 Å². The predicted molar refractivity (Wildman–Crippen MR) is 107 cm³/mol. The molecule has 1 fully saturated rings. The Morgan fingerprint density at radius 2 is 1.92 bits per heavy atom. The molecule has 2 aliphatic heterocycles. The molecule has 2 aliphatic rings. The standard InChI is InChI=1S/C20H33N3OS/c1-21(14-15-23-12-5-3-6-13-23)11-7-4-8-18-9-10-19-20(16-18)25(24)17-22(19)2/h9-10,16H,3-8,11-15,17H2,1-2H3. The summed E-state index contributed by atoms with van der Waals surface area (Å²) in [4.78, 5) is 8.20. The summed E-state index contributed by atoms with van der Waals surface area (Å²) in [6.07, 6.45) is 7.70. The summed E-state index contributed by atoms with van der Waals surface area (Å²) in [5.74, 6) is 0.639. The zero-order valence-corrected chi connectivity index (χ0v) is 16.7. The molecule has 0 aliphatic carbocycles. The third kappa shape index (κ3) is 5.28. The van der Waals surface area contributed by atoms with Crippen LogP contribution in [0.1, 0.15) is 37.7 Å². The van der Waals surface area contributed by atoms with Crippen LogP contribution in [0.2, 0.25) is 0 Å². The molecule has 1 unspecified atom stereocenters. The second kappa shape index (κ2) is 9.15. The van der Waals surface area contributed by atoms with Gasteiger partial charge in [0.25, 0.3) is 0 Å². The van der Waals surface area contributed by atoms with Gasteiger partial charge in [0, 0.05) is 20.1 Å². The van der Waals surface area contributed by atoms with Crippen molar-refractivity contribution in [3.63, 3.8) is 0 Å². The number of anilines is 1. The van der Waals surface area contributed by atoms with E-state index >= 15 is 0 Å². The highest BCUT2D eigenvalue weighted by atomic mass is 32.2. The molecule has 0 saturated carbocycles. The average molecular weight is 364 g/mol. The number of rotatable bonds is 8.